The molecule has 2 N–H and O–H groups in total. The van der Waals surface area contributed by atoms with E-state index in [2.05, 4.69) is 0 Å². The van der Waals surface area contributed by atoms with E-state index in [1.54, 1.807) is 4.90 Å². The second kappa shape index (κ2) is 6.92. The Morgan fingerprint density at radius 2 is 1.74 bits per heavy atom. The molecule has 1 aliphatic rings. The number of nitrogens with zero attached hydrogens (tertiary/aromatic N) is 1. The zero-order valence-electron chi connectivity index (χ0n) is 12.8. The summed E-state index contributed by atoms with van der Waals surface area (Å²) >= 11 is 0. The van der Waals surface area contributed by atoms with Crippen molar-refractivity contribution in [3.8, 4) is 0 Å². The van der Waals surface area contributed by atoms with Crippen LogP contribution in [0.1, 0.15) is 30.1 Å². The topological polar surface area (TPSA) is 80.5 Å². The van der Waals surface area contributed by atoms with Crippen LogP contribution in [0.3, 0.4) is 0 Å². The van der Waals surface area contributed by atoms with Crippen LogP contribution in [0.25, 0.3) is 0 Å². The molecule has 1 saturated heterocycles. The number of carbonyl (C=O) groups excluding carboxylic acids is 1. The molecule has 0 saturated carbocycles. The lowest BCUT2D eigenvalue weighted by Crippen LogP contribution is -2.42. The highest BCUT2D eigenvalue weighted by molar-refractivity contribution is 7.91. The van der Waals surface area contributed by atoms with Crippen LogP contribution in [0, 0.1) is 5.92 Å². The molecular formula is C15H20F2N2O3S. The molecule has 1 aromatic carbocycles. The van der Waals surface area contributed by atoms with E-state index in [1.165, 1.54) is 12.1 Å². The summed E-state index contributed by atoms with van der Waals surface area (Å²) in [6.07, 6.45) is 1.64. The number of piperidine rings is 1. The van der Waals surface area contributed by atoms with Gasteiger partial charge in [0.1, 0.15) is 0 Å². The first-order chi connectivity index (χ1) is 10.7. The van der Waals surface area contributed by atoms with Crippen LogP contribution in [-0.2, 0) is 9.84 Å². The van der Waals surface area contributed by atoms with Crippen LogP contribution >= 0.6 is 0 Å². The highest BCUT2D eigenvalue weighted by atomic mass is 32.2. The lowest BCUT2D eigenvalue weighted by molar-refractivity contribution is 0.0681. The largest absolute Gasteiger partial charge is 0.341 e. The smallest absolute Gasteiger partial charge is 0.339 e. The fourth-order valence-electron chi connectivity index (χ4n) is 2.70. The minimum Gasteiger partial charge on any atom is -0.339 e. The van der Waals surface area contributed by atoms with Crippen molar-refractivity contribution in [2.24, 2.45) is 11.7 Å². The van der Waals surface area contributed by atoms with Gasteiger partial charge in [-0.15, -0.1) is 0 Å². The van der Waals surface area contributed by atoms with Gasteiger partial charge in [-0.05, 0) is 49.9 Å². The highest BCUT2D eigenvalue weighted by Crippen LogP contribution is 2.22. The van der Waals surface area contributed by atoms with E-state index < -0.39 is 20.5 Å². The minimum atomic E-state index is -4.63. The molecule has 8 heteroatoms. The van der Waals surface area contributed by atoms with Crippen molar-refractivity contribution in [2.75, 3.05) is 13.1 Å². The second-order valence-corrected chi connectivity index (χ2v) is 7.74. The molecule has 1 fully saturated rings. The molecule has 1 atom stereocenters. The molecule has 0 radical (unpaired) electrons. The third-order valence-electron chi connectivity index (χ3n) is 4.23. The summed E-state index contributed by atoms with van der Waals surface area (Å²) in [7, 11) is -4.63. The molecule has 1 heterocycles. The molecule has 128 valence electrons. The second-order valence-electron chi connectivity index (χ2n) is 5.82. The fraction of sp³-hybridized carbons (Fsp3) is 0.533. The molecule has 5 nitrogen and oxygen atoms in total. The Labute approximate surface area is 134 Å². The van der Waals surface area contributed by atoms with Crippen molar-refractivity contribution >= 4 is 15.7 Å². The van der Waals surface area contributed by atoms with Crippen LogP contribution in [0.15, 0.2) is 29.2 Å². The van der Waals surface area contributed by atoms with Crippen LogP contribution in [0.5, 0.6) is 0 Å². The average Bonchev–Trinajstić information content (AvgIpc) is 2.54. The molecule has 1 amide bonds. The molecular weight excluding hydrogens is 326 g/mol. The predicted octanol–water partition coefficient (Wildman–Crippen LogP) is 1.88. The van der Waals surface area contributed by atoms with Crippen LogP contribution < -0.4 is 5.73 Å². The van der Waals surface area contributed by atoms with Gasteiger partial charge in [0.2, 0.25) is 9.84 Å². The summed E-state index contributed by atoms with van der Waals surface area (Å²) in [5.74, 6) is -3.31. The van der Waals surface area contributed by atoms with Gasteiger partial charge in [-0.3, -0.25) is 4.79 Å². The maximum atomic E-state index is 12.5. The maximum Gasteiger partial charge on any atom is 0.341 e. The molecule has 2 rings (SSSR count). The number of sulfone groups is 1. The van der Waals surface area contributed by atoms with Crippen molar-refractivity contribution < 1.29 is 22.0 Å². The van der Waals surface area contributed by atoms with E-state index in [-0.39, 0.29) is 17.5 Å². The van der Waals surface area contributed by atoms with Crippen molar-refractivity contribution in [1.29, 1.82) is 0 Å². The minimum absolute atomic E-state index is 0.0890. The highest BCUT2D eigenvalue weighted by Gasteiger charge is 2.28. The third kappa shape index (κ3) is 3.87. The third-order valence-corrected chi connectivity index (χ3v) is 5.63. The summed E-state index contributed by atoms with van der Waals surface area (Å²) < 4.78 is 47.7. The number of halogens is 2. The van der Waals surface area contributed by atoms with Gasteiger partial charge in [0.25, 0.3) is 5.91 Å². The number of hydrogen-bond acceptors (Lipinski definition) is 4. The lowest BCUT2D eigenvalue weighted by atomic mass is 9.90. The standard InChI is InChI=1S/C15H20F2N2O3S/c1-10(18)11-6-8-19(9-7-11)14(20)12-2-4-13(5-3-12)23(21,22)15(16)17/h2-5,10-11,15H,6-9,18H2,1H3. The molecule has 0 bridgehead atoms. The van der Waals surface area contributed by atoms with Gasteiger partial charge in [0, 0.05) is 24.7 Å². The quantitative estimate of drug-likeness (QED) is 0.903. The number of carbonyl (C=O) groups is 1. The van der Waals surface area contributed by atoms with Crippen molar-refractivity contribution in [1.82, 2.24) is 4.90 Å². The molecule has 23 heavy (non-hydrogen) atoms. The monoisotopic (exact) mass is 346 g/mol. The molecule has 1 unspecified atom stereocenters. The first-order valence-electron chi connectivity index (χ1n) is 7.40. The Balaban J connectivity index is 2.07. The zero-order chi connectivity index (χ0) is 17.2. The lowest BCUT2D eigenvalue weighted by Gasteiger charge is -2.33. The van der Waals surface area contributed by atoms with Crippen molar-refractivity contribution in [2.45, 2.75) is 36.5 Å². The van der Waals surface area contributed by atoms with E-state index >= 15 is 0 Å². The van der Waals surface area contributed by atoms with Gasteiger partial charge in [0.15, 0.2) is 0 Å². The summed E-state index contributed by atoms with van der Waals surface area (Å²) in [6.45, 7) is 3.12. The van der Waals surface area contributed by atoms with Gasteiger partial charge in [-0.25, -0.2) is 8.42 Å². The number of hydrogen-bond donors (Lipinski definition) is 1. The zero-order valence-corrected chi connectivity index (χ0v) is 13.6. The fourth-order valence-corrected chi connectivity index (χ4v) is 3.42. The maximum absolute atomic E-state index is 12.5. The van der Waals surface area contributed by atoms with Gasteiger partial charge < -0.3 is 10.6 Å². The molecule has 0 aliphatic carbocycles. The molecule has 0 aromatic heterocycles. The average molecular weight is 346 g/mol. The Hall–Kier alpha value is -1.54. The summed E-state index contributed by atoms with van der Waals surface area (Å²) in [4.78, 5) is 13.6. The van der Waals surface area contributed by atoms with Gasteiger partial charge >= 0.3 is 5.76 Å². The number of likely N-dealkylation sites (tertiary alicyclic amines) is 1. The summed E-state index contributed by atoms with van der Waals surface area (Å²) in [5, 5.41) is 0. The first-order valence-corrected chi connectivity index (χ1v) is 8.95. The SMILES string of the molecule is CC(N)C1CCN(C(=O)c2ccc(S(=O)(=O)C(F)F)cc2)CC1. The number of benzene rings is 1. The van der Waals surface area contributed by atoms with Crippen LogP contribution in [-0.4, -0.2) is 44.1 Å². The van der Waals surface area contributed by atoms with E-state index in [1.807, 2.05) is 6.92 Å². The predicted molar refractivity (Wildman–Crippen MR) is 81.9 cm³/mol. The number of nitrogens with two attached hydrogens (primary N) is 1. The van der Waals surface area contributed by atoms with E-state index in [0.29, 0.717) is 19.0 Å². The Morgan fingerprint density at radius 1 is 1.22 bits per heavy atom. The number of amides is 1. The van der Waals surface area contributed by atoms with E-state index in [4.69, 9.17) is 5.73 Å². The van der Waals surface area contributed by atoms with Crippen molar-refractivity contribution in [3.05, 3.63) is 29.8 Å². The Kier molecular flexibility index (Phi) is 5.36. The number of rotatable bonds is 4. The summed E-state index contributed by atoms with van der Waals surface area (Å²) in [5.41, 5.74) is 6.15. The summed E-state index contributed by atoms with van der Waals surface area (Å²) in [6, 6.07) is 4.73. The van der Waals surface area contributed by atoms with Gasteiger partial charge in [-0.1, -0.05) is 0 Å². The first kappa shape index (κ1) is 17.8. The molecule has 1 aromatic rings. The van der Waals surface area contributed by atoms with E-state index in [0.717, 1.165) is 25.0 Å². The van der Waals surface area contributed by atoms with Crippen LogP contribution in [0.2, 0.25) is 0 Å². The van der Waals surface area contributed by atoms with Crippen molar-refractivity contribution in [3.63, 3.8) is 0 Å². The Morgan fingerprint density at radius 3 is 2.17 bits per heavy atom. The molecule has 1 aliphatic heterocycles. The van der Waals surface area contributed by atoms with Gasteiger partial charge in [-0.2, -0.15) is 8.78 Å². The van der Waals surface area contributed by atoms with Gasteiger partial charge in [0.05, 0.1) is 4.90 Å². The Bertz CT molecular complexity index is 652. The van der Waals surface area contributed by atoms with Crippen LogP contribution in [0.4, 0.5) is 8.78 Å². The van der Waals surface area contributed by atoms with E-state index in [9.17, 15) is 22.0 Å². The normalized spacial score (nSPS) is 18.2. The number of alkyl halides is 2. The molecule has 0 spiro atoms.